The number of hydrogen-bond donors (Lipinski definition) is 3. The van der Waals surface area contributed by atoms with Crippen LogP contribution in [0.1, 0.15) is 56.0 Å². The quantitative estimate of drug-likeness (QED) is 0.415. The van der Waals surface area contributed by atoms with Crippen molar-refractivity contribution >= 4 is 35.2 Å². The molecule has 1 aromatic heterocycles. The number of rotatable bonds is 6. The molecule has 3 heterocycles. The maximum Gasteiger partial charge on any atom is 0.271 e. The summed E-state index contributed by atoms with van der Waals surface area (Å²) >= 11 is 0. The zero-order valence-electron chi connectivity index (χ0n) is 17.4. The number of nitrogens with zero attached hydrogens (tertiary/aromatic N) is 3. The molecular formula is C21H22N6O5. The Labute approximate surface area is 182 Å². The van der Waals surface area contributed by atoms with Crippen LogP contribution in [0.2, 0.25) is 0 Å². The summed E-state index contributed by atoms with van der Waals surface area (Å²) < 4.78 is 1.40. The van der Waals surface area contributed by atoms with E-state index in [0.29, 0.717) is 30.8 Å². The van der Waals surface area contributed by atoms with Crippen molar-refractivity contribution in [3.63, 3.8) is 0 Å². The second kappa shape index (κ2) is 8.25. The highest BCUT2D eigenvalue weighted by Crippen LogP contribution is 2.28. The first-order valence-corrected chi connectivity index (χ1v) is 10.2. The summed E-state index contributed by atoms with van der Waals surface area (Å²) in [4.78, 5) is 62.3. The largest absolute Gasteiger partial charge is 0.396 e. The third-order valence-corrected chi connectivity index (χ3v) is 5.61. The van der Waals surface area contributed by atoms with Crippen LogP contribution in [-0.2, 0) is 23.1 Å². The number of piperidine rings is 1. The number of aromatic nitrogens is 2. The molecular weight excluding hydrogens is 416 g/mol. The fourth-order valence-corrected chi connectivity index (χ4v) is 3.98. The molecule has 1 fully saturated rings. The van der Waals surface area contributed by atoms with Gasteiger partial charge in [-0.25, -0.2) is 0 Å². The monoisotopic (exact) mass is 438 g/mol. The Hall–Kier alpha value is -4.02. The number of benzene rings is 1. The molecule has 32 heavy (non-hydrogen) atoms. The van der Waals surface area contributed by atoms with E-state index in [0.717, 1.165) is 10.5 Å². The Kier molecular flexibility index (Phi) is 5.47. The third kappa shape index (κ3) is 3.72. The smallest absolute Gasteiger partial charge is 0.271 e. The van der Waals surface area contributed by atoms with Gasteiger partial charge in [0.15, 0.2) is 0 Å². The van der Waals surface area contributed by atoms with Crippen LogP contribution in [0.3, 0.4) is 0 Å². The van der Waals surface area contributed by atoms with Crippen molar-refractivity contribution in [3.05, 3.63) is 46.8 Å². The lowest BCUT2D eigenvalue weighted by molar-refractivity contribution is -0.136. The van der Waals surface area contributed by atoms with Gasteiger partial charge in [0.2, 0.25) is 11.8 Å². The van der Waals surface area contributed by atoms with Crippen molar-refractivity contribution in [2.24, 2.45) is 7.05 Å². The molecule has 166 valence electrons. The van der Waals surface area contributed by atoms with Crippen molar-refractivity contribution in [1.29, 1.82) is 0 Å². The SMILES string of the molecule is Cn1ncc(N)c1C(=O)NCCCc1ccc2c(c1)C(=O)N(C1CCC(=O)NC1=O)C2=O. The highest BCUT2D eigenvalue weighted by molar-refractivity contribution is 6.23. The first kappa shape index (κ1) is 21.2. The van der Waals surface area contributed by atoms with E-state index in [9.17, 15) is 24.0 Å². The minimum absolute atomic E-state index is 0.0747. The number of aryl methyl sites for hydroxylation is 2. The van der Waals surface area contributed by atoms with E-state index in [4.69, 9.17) is 5.73 Å². The standard InChI is InChI=1S/C21H22N6O5/c1-26-17(14(22)10-24-26)19(30)23-8-2-3-11-4-5-12-13(9-11)21(32)27(20(12)31)15-6-7-16(28)25-18(15)29/h4-5,9-10,15H,2-3,6-8,22H2,1H3,(H,23,30)(H,25,28,29). The summed E-state index contributed by atoms with van der Waals surface area (Å²) in [6, 6.07) is 3.98. The minimum atomic E-state index is -0.988. The van der Waals surface area contributed by atoms with Crippen molar-refractivity contribution < 1.29 is 24.0 Å². The van der Waals surface area contributed by atoms with Crippen LogP contribution in [0.5, 0.6) is 0 Å². The molecule has 1 atom stereocenters. The van der Waals surface area contributed by atoms with Gasteiger partial charge in [0.1, 0.15) is 11.7 Å². The predicted octanol–water partition coefficient (Wildman–Crippen LogP) is -0.234. The second-order valence-corrected chi connectivity index (χ2v) is 7.76. The first-order chi connectivity index (χ1) is 15.3. The number of amides is 5. The zero-order valence-corrected chi connectivity index (χ0v) is 17.4. The van der Waals surface area contributed by atoms with Gasteiger partial charge in [-0.3, -0.25) is 38.9 Å². The van der Waals surface area contributed by atoms with E-state index in [1.807, 2.05) is 0 Å². The van der Waals surface area contributed by atoms with E-state index in [1.54, 1.807) is 25.2 Å². The van der Waals surface area contributed by atoms with E-state index in [-0.39, 0.29) is 29.9 Å². The molecule has 5 amide bonds. The Morgan fingerprint density at radius 2 is 1.97 bits per heavy atom. The van der Waals surface area contributed by atoms with E-state index >= 15 is 0 Å². The number of fused-ring (bicyclic) bond motifs is 1. The maximum atomic E-state index is 12.9. The molecule has 0 radical (unpaired) electrons. The summed E-state index contributed by atoms with van der Waals surface area (Å²) in [6.07, 6.45) is 2.76. The van der Waals surface area contributed by atoms with Crippen molar-refractivity contribution in [2.75, 3.05) is 12.3 Å². The molecule has 1 unspecified atom stereocenters. The molecule has 11 heteroatoms. The summed E-state index contributed by atoms with van der Waals surface area (Å²) in [5, 5.41) is 8.89. The number of anilines is 1. The lowest BCUT2D eigenvalue weighted by Crippen LogP contribution is -2.54. The molecule has 2 aliphatic rings. The molecule has 0 aliphatic carbocycles. The van der Waals surface area contributed by atoms with Gasteiger partial charge in [0.25, 0.3) is 17.7 Å². The number of carbonyl (C=O) groups excluding carboxylic acids is 5. The first-order valence-electron chi connectivity index (χ1n) is 10.2. The lowest BCUT2D eigenvalue weighted by atomic mass is 10.0. The highest BCUT2D eigenvalue weighted by Gasteiger charge is 2.44. The number of carbonyl (C=O) groups is 5. The van der Waals surface area contributed by atoms with Gasteiger partial charge in [-0.15, -0.1) is 0 Å². The summed E-state index contributed by atoms with van der Waals surface area (Å²) in [7, 11) is 1.63. The summed E-state index contributed by atoms with van der Waals surface area (Å²) in [5.74, 6) is -2.45. The minimum Gasteiger partial charge on any atom is -0.396 e. The summed E-state index contributed by atoms with van der Waals surface area (Å²) in [6.45, 7) is 0.385. The molecule has 4 rings (SSSR count). The Balaban J connectivity index is 1.38. The van der Waals surface area contributed by atoms with Crippen LogP contribution >= 0.6 is 0 Å². The van der Waals surface area contributed by atoms with Crippen LogP contribution in [0.4, 0.5) is 5.69 Å². The third-order valence-electron chi connectivity index (χ3n) is 5.61. The molecule has 0 bridgehead atoms. The van der Waals surface area contributed by atoms with Crippen LogP contribution in [0.25, 0.3) is 0 Å². The molecule has 1 saturated heterocycles. The number of imide groups is 2. The maximum absolute atomic E-state index is 12.9. The van der Waals surface area contributed by atoms with Gasteiger partial charge in [0.05, 0.1) is 23.0 Å². The van der Waals surface area contributed by atoms with Gasteiger partial charge in [-0.2, -0.15) is 5.10 Å². The number of hydrogen-bond acceptors (Lipinski definition) is 7. The predicted molar refractivity (Wildman–Crippen MR) is 111 cm³/mol. The fourth-order valence-electron chi connectivity index (χ4n) is 3.98. The van der Waals surface area contributed by atoms with Crippen LogP contribution in [-0.4, -0.2) is 56.8 Å². The number of nitrogens with two attached hydrogens (primary N) is 1. The van der Waals surface area contributed by atoms with Crippen molar-refractivity contribution in [3.8, 4) is 0 Å². The molecule has 0 saturated carbocycles. The molecule has 0 spiro atoms. The van der Waals surface area contributed by atoms with Crippen LogP contribution in [0, 0.1) is 0 Å². The lowest BCUT2D eigenvalue weighted by Gasteiger charge is -2.27. The molecule has 2 aliphatic heterocycles. The van der Waals surface area contributed by atoms with Gasteiger partial charge in [0, 0.05) is 20.0 Å². The highest BCUT2D eigenvalue weighted by atomic mass is 16.2. The number of nitrogens with one attached hydrogen (secondary N) is 2. The fraction of sp³-hybridized carbons (Fsp3) is 0.333. The molecule has 2 aromatic rings. The Morgan fingerprint density at radius 1 is 1.22 bits per heavy atom. The summed E-state index contributed by atoms with van der Waals surface area (Å²) in [5.41, 5.74) is 7.64. The van der Waals surface area contributed by atoms with Gasteiger partial charge >= 0.3 is 0 Å². The molecule has 11 nitrogen and oxygen atoms in total. The number of nitrogen functional groups attached to an aromatic ring is 1. The van der Waals surface area contributed by atoms with Crippen molar-refractivity contribution in [1.82, 2.24) is 25.3 Å². The molecule has 1 aromatic carbocycles. The van der Waals surface area contributed by atoms with E-state index in [2.05, 4.69) is 15.7 Å². The topological polar surface area (TPSA) is 156 Å². The molecule has 4 N–H and O–H groups in total. The average molecular weight is 438 g/mol. The average Bonchev–Trinajstić information content (AvgIpc) is 3.21. The van der Waals surface area contributed by atoms with Gasteiger partial charge in [-0.05, 0) is 37.0 Å². The normalized spacial score (nSPS) is 18.0. The van der Waals surface area contributed by atoms with Gasteiger partial charge < -0.3 is 11.1 Å². The van der Waals surface area contributed by atoms with E-state index < -0.39 is 29.7 Å². The van der Waals surface area contributed by atoms with E-state index in [1.165, 1.54) is 10.9 Å². The Bertz CT molecular complexity index is 1130. The van der Waals surface area contributed by atoms with Crippen molar-refractivity contribution in [2.45, 2.75) is 31.7 Å². The zero-order chi connectivity index (χ0) is 23.0. The Morgan fingerprint density at radius 3 is 2.66 bits per heavy atom. The second-order valence-electron chi connectivity index (χ2n) is 7.76. The van der Waals surface area contributed by atoms with Gasteiger partial charge in [-0.1, -0.05) is 6.07 Å². The van der Waals surface area contributed by atoms with Crippen LogP contribution < -0.4 is 16.4 Å². The van der Waals surface area contributed by atoms with Crippen LogP contribution in [0.15, 0.2) is 24.4 Å².